The Hall–Kier alpha value is -1.31. The van der Waals surface area contributed by atoms with Gasteiger partial charge in [-0.15, -0.1) is 0 Å². The lowest BCUT2D eigenvalue weighted by Crippen LogP contribution is -2.41. The zero-order valence-electron chi connectivity index (χ0n) is 12.4. The molecule has 0 saturated carbocycles. The average Bonchev–Trinajstić information content (AvgIpc) is 2.51. The quantitative estimate of drug-likeness (QED) is 0.788. The van der Waals surface area contributed by atoms with Gasteiger partial charge in [-0.2, -0.15) is 4.72 Å². The van der Waals surface area contributed by atoms with Crippen LogP contribution in [0.2, 0.25) is 15.1 Å². The molecule has 24 heavy (non-hydrogen) atoms. The van der Waals surface area contributed by atoms with Crippen LogP contribution in [0.15, 0.2) is 47.4 Å². The molecule has 0 aliphatic heterocycles. The predicted octanol–water partition coefficient (Wildman–Crippen LogP) is 3.95. The number of amides is 1. The van der Waals surface area contributed by atoms with Crippen molar-refractivity contribution in [1.82, 2.24) is 4.72 Å². The summed E-state index contributed by atoms with van der Waals surface area (Å²) in [7, 11) is -3.87. The van der Waals surface area contributed by atoms with Gasteiger partial charge in [-0.1, -0.05) is 40.9 Å². The smallest absolute Gasteiger partial charge is 0.242 e. The van der Waals surface area contributed by atoms with Crippen molar-refractivity contribution in [3.05, 3.63) is 57.5 Å². The van der Waals surface area contributed by atoms with E-state index in [2.05, 4.69) is 10.0 Å². The first kappa shape index (κ1) is 19.0. The molecular formula is C15H13Cl3N2O3S. The zero-order valence-corrected chi connectivity index (χ0v) is 15.5. The van der Waals surface area contributed by atoms with Crippen LogP contribution in [-0.4, -0.2) is 20.4 Å². The fraction of sp³-hybridized carbons (Fsp3) is 0.133. The number of rotatable bonds is 5. The highest BCUT2D eigenvalue weighted by molar-refractivity contribution is 7.89. The summed E-state index contributed by atoms with van der Waals surface area (Å²) in [6, 6.07) is 9.30. The van der Waals surface area contributed by atoms with Gasteiger partial charge in [-0.3, -0.25) is 4.79 Å². The van der Waals surface area contributed by atoms with E-state index in [-0.39, 0.29) is 20.6 Å². The number of anilines is 1. The molecule has 2 N–H and O–H groups in total. The second-order valence-corrected chi connectivity index (χ2v) is 7.85. The van der Waals surface area contributed by atoms with Gasteiger partial charge in [0.2, 0.25) is 15.9 Å². The maximum atomic E-state index is 12.3. The van der Waals surface area contributed by atoms with Crippen molar-refractivity contribution in [2.45, 2.75) is 17.9 Å². The summed E-state index contributed by atoms with van der Waals surface area (Å²) in [4.78, 5) is 12.2. The van der Waals surface area contributed by atoms with E-state index in [0.29, 0.717) is 5.02 Å². The van der Waals surface area contributed by atoms with Crippen molar-refractivity contribution in [2.75, 3.05) is 5.32 Å². The van der Waals surface area contributed by atoms with Crippen LogP contribution >= 0.6 is 34.8 Å². The number of benzene rings is 2. The minimum Gasteiger partial charge on any atom is -0.322 e. The molecule has 1 atom stereocenters. The summed E-state index contributed by atoms with van der Waals surface area (Å²) < 4.78 is 26.8. The molecule has 0 radical (unpaired) electrons. The van der Waals surface area contributed by atoms with E-state index in [1.807, 2.05) is 0 Å². The highest BCUT2D eigenvalue weighted by Crippen LogP contribution is 2.29. The SMILES string of the molecule is C[C@H](NS(=O)(=O)c1ccc(Cl)cc1)C(=O)Nc1c(Cl)cccc1Cl. The molecule has 128 valence electrons. The van der Waals surface area contributed by atoms with Gasteiger partial charge in [0.05, 0.1) is 26.7 Å². The Bertz CT molecular complexity index is 835. The summed E-state index contributed by atoms with van der Waals surface area (Å²) in [6.45, 7) is 1.41. The van der Waals surface area contributed by atoms with E-state index >= 15 is 0 Å². The number of carbonyl (C=O) groups excluding carboxylic acids is 1. The van der Waals surface area contributed by atoms with E-state index in [1.54, 1.807) is 18.2 Å². The molecule has 1 amide bonds. The van der Waals surface area contributed by atoms with Crippen molar-refractivity contribution >= 4 is 56.4 Å². The van der Waals surface area contributed by atoms with Crippen LogP contribution in [0.1, 0.15) is 6.92 Å². The molecule has 9 heteroatoms. The van der Waals surface area contributed by atoms with Gasteiger partial charge in [-0.05, 0) is 43.3 Å². The summed E-state index contributed by atoms with van der Waals surface area (Å²) in [5.41, 5.74) is 0.225. The fourth-order valence-electron chi connectivity index (χ4n) is 1.82. The summed E-state index contributed by atoms with van der Waals surface area (Å²) in [6.07, 6.45) is 0. The Kier molecular flexibility index (Phi) is 6.11. The number of hydrogen-bond donors (Lipinski definition) is 2. The van der Waals surface area contributed by atoms with Crippen LogP contribution in [0.4, 0.5) is 5.69 Å². The lowest BCUT2D eigenvalue weighted by atomic mass is 10.3. The molecule has 0 saturated heterocycles. The number of hydrogen-bond acceptors (Lipinski definition) is 3. The van der Waals surface area contributed by atoms with E-state index in [1.165, 1.54) is 31.2 Å². The summed E-state index contributed by atoms with van der Waals surface area (Å²) in [5.74, 6) is -0.595. The first-order valence-electron chi connectivity index (χ1n) is 6.73. The maximum Gasteiger partial charge on any atom is 0.242 e. The van der Waals surface area contributed by atoms with E-state index in [9.17, 15) is 13.2 Å². The molecule has 0 heterocycles. The highest BCUT2D eigenvalue weighted by atomic mass is 35.5. The molecule has 2 aromatic carbocycles. The first-order valence-corrected chi connectivity index (χ1v) is 9.35. The number of halogens is 3. The Morgan fingerprint density at radius 3 is 2.08 bits per heavy atom. The van der Waals surface area contributed by atoms with Gasteiger partial charge >= 0.3 is 0 Å². The van der Waals surface area contributed by atoms with Crippen molar-refractivity contribution in [1.29, 1.82) is 0 Å². The van der Waals surface area contributed by atoms with Crippen molar-refractivity contribution in [3.8, 4) is 0 Å². The molecule has 5 nitrogen and oxygen atoms in total. The summed E-state index contributed by atoms with van der Waals surface area (Å²) >= 11 is 17.7. The van der Waals surface area contributed by atoms with Gasteiger partial charge in [0.15, 0.2) is 0 Å². The number of para-hydroxylation sites is 1. The van der Waals surface area contributed by atoms with Crippen LogP contribution in [0, 0.1) is 0 Å². The maximum absolute atomic E-state index is 12.3. The van der Waals surface area contributed by atoms with E-state index in [0.717, 1.165) is 0 Å². The van der Waals surface area contributed by atoms with Crippen molar-refractivity contribution in [3.63, 3.8) is 0 Å². The number of carbonyl (C=O) groups is 1. The van der Waals surface area contributed by atoms with Gasteiger partial charge < -0.3 is 5.32 Å². The van der Waals surface area contributed by atoms with Gasteiger partial charge in [0.25, 0.3) is 0 Å². The monoisotopic (exact) mass is 406 g/mol. The van der Waals surface area contributed by atoms with E-state index in [4.69, 9.17) is 34.8 Å². The van der Waals surface area contributed by atoms with Crippen molar-refractivity contribution < 1.29 is 13.2 Å². The highest BCUT2D eigenvalue weighted by Gasteiger charge is 2.23. The van der Waals surface area contributed by atoms with E-state index < -0.39 is 22.0 Å². The minimum atomic E-state index is -3.87. The summed E-state index contributed by atoms with van der Waals surface area (Å²) in [5, 5.41) is 3.43. The molecule has 0 bridgehead atoms. The normalized spacial score (nSPS) is 12.7. The molecule has 0 unspecified atom stereocenters. The average molecular weight is 408 g/mol. The van der Waals surface area contributed by atoms with Gasteiger partial charge in [0, 0.05) is 5.02 Å². The Labute approximate surface area is 155 Å². The third-order valence-electron chi connectivity index (χ3n) is 3.06. The lowest BCUT2D eigenvalue weighted by molar-refractivity contribution is -0.117. The standard InChI is InChI=1S/C15H13Cl3N2O3S/c1-9(15(21)19-14-12(17)3-2-4-13(14)18)20-24(22,23)11-7-5-10(16)6-8-11/h2-9,20H,1H3,(H,19,21)/t9-/m0/s1. The molecule has 0 fully saturated rings. The van der Waals surface area contributed by atoms with Crippen LogP contribution in [0.3, 0.4) is 0 Å². The number of nitrogens with one attached hydrogen (secondary N) is 2. The fourth-order valence-corrected chi connectivity index (χ4v) is 3.64. The van der Waals surface area contributed by atoms with Gasteiger partial charge in [0.1, 0.15) is 0 Å². The third kappa shape index (κ3) is 4.62. The molecule has 0 aliphatic rings. The Balaban J connectivity index is 2.12. The Morgan fingerprint density at radius 2 is 1.54 bits per heavy atom. The number of sulfonamides is 1. The van der Waals surface area contributed by atoms with Crippen LogP contribution < -0.4 is 10.0 Å². The second-order valence-electron chi connectivity index (χ2n) is 4.88. The molecule has 0 aliphatic carbocycles. The van der Waals surface area contributed by atoms with Crippen LogP contribution in [0.5, 0.6) is 0 Å². The molecule has 0 spiro atoms. The lowest BCUT2D eigenvalue weighted by Gasteiger charge is -2.16. The van der Waals surface area contributed by atoms with Crippen LogP contribution in [-0.2, 0) is 14.8 Å². The molecule has 0 aromatic heterocycles. The minimum absolute atomic E-state index is 0.00215. The first-order chi connectivity index (χ1) is 11.2. The van der Waals surface area contributed by atoms with Gasteiger partial charge in [-0.25, -0.2) is 8.42 Å². The predicted molar refractivity (Wildman–Crippen MR) is 96.3 cm³/mol. The molecule has 2 rings (SSSR count). The largest absolute Gasteiger partial charge is 0.322 e. The Morgan fingerprint density at radius 1 is 1.00 bits per heavy atom. The third-order valence-corrected chi connectivity index (χ3v) is 5.50. The second kappa shape index (κ2) is 7.72. The topological polar surface area (TPSA) is 75.3 Å². The van der Waals surface area contributed by atoms with Crippen LogP contribution in [0.25, 0.3) is 0 Å². The molecule has 2 aromatic rings. The molecular weight excluding hydrogens is 395 g/mol. The van der Waals surface area contributed by atoms with Crippen molar-refractivity contribution in [2.24, 2.45) is 0 Å². The zero-order chi connectivity index (χ0) is 17.9.